The van der Waals surface area contributed by atoms with Crippen LogP contribution in [0.1, 0.15) is 25.0 Å². The lowest BCUT2D eigenvalue weighted by Crippen LogP contribution is -2.15. The van der Waals surface area contributed by atoms with Crippen LogP contribution in [-0.2, 0) is 5.41 Å². The van der Waals surface area contributed by atoms with Crippen molar-refractivity contribution in [3.63, 3.8) is 0 Å². The van der Waals surface area contributed by atoms with Gasteiger partial charge in [-0.1, -0.05) is 86.6 Å². The van der Waals surface area contributed by atoms with E-state index in [1.54, 1.807) is 0 Å². The van der Waals surface area contributed by atoms with Crippen LogP contribution in [0.15, 0.2) is 109 Å². The van der Waals surface area contributed by atoms with Crippen molar-refractivity contribution in [2.45, 2.75) is 19.3 Å². The van der Waals surface area contributed by atoms with E-state index < -0.39 is 0 Å². The summed E-state index contributed by atoms with van der Waals surface area (Å²) in [6.45, 7) is 4.70. The minimum atomic E-state index is -0.0427. The van der Waals surface area contributed by atoms with E-state index in [1.165, 1.54) is 82.1 Å². The molecule has 0 fully saturated rings. The summed E-state index contributed by atoms with van der Waals surface area (Å²) in [7, 11) is 0. The zero-order chi connectivity index (χ0) is 25.2. The van der Waals surface area contributed by atoms with Crippen molar-refractivity contribution < 1.29 is 0 Å². The van der Waals surface area contributed by atoms with E-state index in [0.717, 1.165) is 0 Å². The van der Waals surface area contributed by atoms with Gasteiger partial charge in [0.2, 0.25) is 0 Å². The molecule has 2 nitrogen and oxygen atoms in total. The van der Waals surface area contributed by atoms with Crippen molar-refractivity contribution in [2.75, 3.05) is 0 Å². The summed E-state index contributed by atoms with van der Waals surface area (Å²) in [4.78, 5) is 4.57. The maximum Gasteiger partial charge on any atom is 0.0572 e. The maximum atomic E-state index is 4.57. The monoisotopic (exact) mass is 484 g/mol. The predicted molar refractivity (Wildman–Crippen MR) is 160 cm³/mol. The summed E-state index contributed by atoms with van der Waals surface area (Å²) in [5.74, 6) is 0. The van der Waals surface area contributed by atoms with Gasteiger partial charge in [0, 0.05) is 34.3 Å². The van der Waals surface area contributed by atoms with E-state index in [0.29, 0.717) is 0 Å². The Balaban J connectivity index is 1.42. The number of aromatic nitrogens is 2. The van der Waals surface area contributed by atoms with Crippen LogP contribution >= 0.6 is 0 Å². The summed E-state index contributed by atoms with van der Waals surface area (Å²) >= 11 is 0. The summed E-state index contributed by atoms with van der Waals surface area (Å²) < 4.78 is 2.44. The molecule has 8 aromatic rings. The van der Waals surface area contributed by atoms with Gasteiger partial charge in [-0.2, -0.15) is 0 Å². The molecule has 0 unspecified atom stereocenters. The minimum absolute atomic E-state index is 0.0427. The van der Waals surface area contributed by atoms with Gasteiger partial charge in [0.15, 0.2) is 0 Å². The molecule has 1 aliphatic carbocycles. The molecule has 2 heterocycles. The van der Waals surface area contributed by atoms with Crippen LogP contribution in [0.3, 0.4) is 0 Å². The third-order valence-corrected chi connectivity index (χ3v) is 9.00. The molecule has 2 aromatic heterocycles. The van der Waals surface area contributed by atoms with Crippen molar-refractivity contribution >= 4 is 54.1 Å². The Morgan fingerprint density at radius 2 is 1.37 bits per heavy atom. The van der Waals surface area contributed by atoms with Crippen molar-refractivity contribution in [3.05, 3.63) is 121 Å². The normalized spacial score (nSPS) is 14.3. The summed E-state index contributed by atoms with van der Waals surface area (Å²) in [6.07, 6.45) is 3.96. The number of nitrogens with zero attached hydrogens (tertiary/aromatic N) is 2. The first-order chi connectivity index (χ1) is 18.6. The van der Waals surface area contributed by atoms with Crippen LogP contribution in [-0.4, -0.2) is 9.55 Å². The van der Waals surface area contributed by atoms with Crippen molar-refractivity contribution in [1.29, 1.82) is 0 Å². The molecule has 178 valence electrons. The van der Waals surface area contributed by atoms with Crippen LogP contribution in [0.5, 0.6) is 0 Å². The first kappa shape index (κ1) is 20.4. The maximum absolute atomic E-state index is 4.57. The van der Waals surface area contributed by atoms with Gasteiger partial charge in [-0.25, -0.2) is 0 Å². The number of benzene rings is 6. The van der Waals surface area contributed by atoms with E-state index in [2.05, 4.69) is 120 Å². The highest BCUT2D eigenvalue weighted by Gasteiger charge is 2.35. The fourth-order valence-corrected chi connectivity index (χ4v) is 7.27. The molecule has 1 aliphatic rings. The second-order valence-corrected chi connectivity index (χ2v) is 11.3. The SMILES string of the molecule is CC1(C)c2ccccc2-c2ccc(-n3c4ccncc4c4c5ccc6cccc7ccc(cc43)c5c76)cc21. The molecule has 6 aromatic carbocycles. The molecule has 0 spiro atoms. The molecule has 0 saturated heterocycles. The average molecular weight is 485 g/mol. The molecule has 0 bridgehead atoms. The third-order valence-electron chi connectivity index (χ3n) is 9.00. The zero-order valence-electron chi connectivity index (χ0n) is 21.3. The second-order valence-electron chi connectivity index (χ2n) is 11.3. The minimum Gasteiger partial charge on any atom is -0.309 e. The van der Waals surface area contributed by atoms with Gasteiger partial charge in [0.1, 0.15) is 0 Å². The van der Waals surface area contributed by atoms with Gasteiger partial charge in [0.05, 0.1) is 11.0 Å². The largest absolute Gasteiger partial charge is 0.309 e. The topological polar surface area (TPSA) is 17.8 Å². The molecule has 0 radical (unpaired) electrons. The molecule has 0 atom stereocenters. The van der Waals surface area contributed by atoms with Crippen LogP contribution in [0.2, 0.25) is 0 Å². The van der Waals surface area contributed by atoms with Crippen LogP contribution < -0.4 is 0 Å². The van der Waals surface area contributed by atoms with Gasteiger partial charge in [-0.05, 0) is 78.8 Å². The van der Waals surface area contributed by atoms with E-state index in [1.807, 2.05) is 12.4 Å². The Morgan fingerprint density at radius 1 is 0.579 bits per heavy atom. The van der Waals surface area contributed by atoms with Gasteiger partial charge >= 0.3 is 0 Å². The fourth-order valence-electron chi connectivity index (χ4n) is 7.27. The van der Waals surface area contributed by atoms with Gasteiger partial charge in [-0.15, -0.1) is 0 Å². The van der Waals surface area contributed by atoms with E-state index in [-0.39, 0.29) is 5.41 Å². The Morgan fingerprint density at radius 3 is 2.26 bits per heavy atom. The van der Waals surface area contributed by atoms with Crippen molar-refractivity contribution in [3.8, 4) is 16.8 Å². The number of rotatable bonds is 1. The molecule has 2 heteroatoms. The highest BCUT2D eigenvalue weighted by Crippen LogP contribution is 2.50. The molecule has 0 saturated carbocycles. The van der Waals surface area contributed by atoms with Crippen molar-refractivity contribution in [1.82, 2.24) is 9.55 Å². The predicted octanol–water partition coefficient (Wildman–Crippen LogP) is 9.38. The molecule has 38 heavy (non-hydrogen) atoms. The molecular formula is C36H24N2. The Bertz CT molecular complexity index is 2250. The number of pyridine rings is 1. The smallest absolute Gasteiger partial charge is 0.0572 e. The number of hydrogen-bond acceptors (Lipinski definition) is 1. The summed E-state index contributed by atoms with van der Waals surface area (Å²) in [5, 5.41) is 10.3. The summed E-state index contributed by atoms with van der Waals surface area (Å²) in [5.41, 5.74) is 9.07. The molecular weight excluding hydrogens is 460 g/mol. The van der Waals surface area contributed by atoms with Crippen LogP contribution in [0.4, 0.5) is 0 Å². The Labute approximate surface area is 220 Å². The van der Waals surface area contributed by atoms with Crippen LogP contribution in [0.25, 0.3) is 70.9 Å². The van der Waals surface area contributed by atoms with E-state index in [9.17, 15) is 0 Å². The second kappa shape index (κ2) is 6.79. The summed E-state index contributed by atoms with van der Waals surface area (Å²) in [6, 6.07) is 36.2. The van der Waals surface area contributed by atoms with E-state index >= 15 is 0 Å². The third kappa shape index (κ3) is 2.36. The quantitative estimate of drug-likeness (QED) is 0.212. The average Bonchev–Trinajstić information content (AvgIpc) is 3.40. The van der Waals surface area contributed by atoms with Crippen LogP contribution in [0, 0.1) is 0 Å². The van der Waals surface area contributed by atoms with Crippen molar-refractivity contribution in [2.24, 2.45) is 0 Å². The lowest BCUT2D eigenvalue weighted by molar-refractivity contribution is 0.660. The van der Waals surface area contributed by atoms with Gasteiger partial charge < -0.3 is 4.57 Å². The molecule has 9 rings (SSSR count). The van der Waals surface area contributed by atoms with E-state index in [4.69, 9.17) is 0 Å². The zero-order valence-corrected chi connectivity index (χ0v) is 21.3. The van der Waals surface area contributed by atoms with Gasteiger partial charge in [-0.3, -0.25) is 4.98 Å². The first-order valence-corrected chi connectivity index (χ1v) is 13.3. The molecule has 0 amide bonds. The lowest BCUT2D eigenvalue weighted by Gasteiger charge is -2.22. The highest BCUT2D eigenvalue weighted by atomic mass is 15.0. The lowest BCUT2D eigenvalue weighted by atomic mass is 9.82. The fraction of sp³-hybridized carbons (Fsp3) is 0.0833. The number of fused-ring (bicyclic) bond motifs is 7. The van der Waals surface area contributed by atoms with Gasteiger partial charge in [0.25, 0.3) is 0 Å². The Kier molecular flexibility index (Phi) is 3.64. The number of hydrogen-bond donors (Lipinski definition) is 0. The first-order valence-electron chi connectivity index (χ1n) is 13.3. The molecule has 0 N–H and O–H groups in total. The molecule has 0 aliphatic heterocycles. The standard InChI is InChI=1S/C36H24N2/c1-36(2)29-9-4-3-8-25(29)26-15-13-24(19-30(26)36)38-31-16-17-37-20-28(31)35-27-14-12-22-7-5-6-21-10-11-23(18-32(35)38)34(27)33(21)22/h3-20H,1-2H3. The Hall–Kier alpha value is -4.69. The highest BCUT2D eigenvalue weighted by molar-refractivity contribution is 6.32.